The third-order valence-electron chi connectivity index (χ3n) is 7.77. The molecule has 0 spiro atoms. The van der Waals surface area contributed by atoms with Crippen LogP contribution in [-0.4, -0.2) is 79.2 Å². The third kappa shape index (κ3) is 5.94. The predicted octanol–water partition coefficient (Wildman–Crippen LogP) is 4.74. The Morgan fingerprint density at radius 1 is 1.10 bits per heavy atom. The molecule has 0 aliphatic carbocycles. The van der Waals surface area contributed by atoms with Gasteiger partial charge in [0.15, 0.2) is 23.1 Å². The molecule has 0 unspecified atom stereocenters. The van der Waals surface area contributed by atoms with Crippen LogP contribution < -0.4 is 20.1 Å². The van der Waals surface area contributed by atoms with Crippen molar-refractivity contribution in [1.29, 1.82) is 0 Å². The summed E-state index contributed by atoms with van der Waals surface area (Å²) in [7, 11) is 1.54. The number of fused-ring (bicyclic) bond motifs is 1. The highest BCUT2D eigenvalue weighted by atomic mass is 19.1. The number of carbonyl (C=O) groups is 1. The fourth-order valence-corrected chi connectivity index (χ4v) is 5.55. The van der Waals surface area contributed by atoms with Gasteiger partial charge in [-0.3, -0.25) is 9.69 Å². The molecule has 2 aliphatic heterocycles. The number of aromatic amines is 1. The van der Waals surface area contributed by atoms with Crippen molar-refractivity contribution >= 4 is 22.5 Å². The predicted molar refractivity (Wildman–Crippen MR) is 155 cm³/mol. The third-order valence-corrected chi connectivity index (χ3v) is 7.77. The van der Waals surface area contributed by atoms with E-state index in [1.54, 1.807) is 12.3 Å². The number of carbonyl (C=O) groups excluding carboxylic acids is 1. The lowest BCUT2D eigenvalue weighted by Crippen LogP contribution is -2.48. The Kier molecular flexibility index (Phi) is 8.31. The van der Waals surface area contributed by atoms with Crippen LogP contribution in [0.25, 0.3) is 11.0 Å². The van der Waals surface area contributed by atoms with Gasteiger partial charge < -0.3 is 29.8 Å². The van der Waals surface area contributed by atoms with Crippen LogP contribution in [0.2, 0.25) is 0 Å². The molecule has 42 heavy (non-hydrogen) atoms. The maximum atomic E-state index is 15.2. The molecule has 4 heterocycles. The quantitative estimate of drug-likeness (QED) is 0.246. The van der Waals surface area contributed by atoms with Crippen molar-refractivity contribution in [3.63, 3.8) is 0 Å². The Bertz CT molecular complexity index is 1560. The maximum absolute atomic E-state index is 15.2. The molecular weight excluding hydrogens is 544 g/mol. The minimum absolute atomic E-state index is 0.00632. The summed E-state index contributed by atoms with van der Waals surface area (Å²) in [4.78, 5) is 23.5. The zero-order valence-corrected chi connectivity index (χ0v) is 23.3. The number of halogens is 2. The molecule has 0 radical (unpaired) electrons. The first kappa shape index (κ1) is 28.1. The summed E-state index contributed by atoms with van der Waals surface area (Å²) >= 11 is 0. The highest BCUT2D eigenvalue weighted by molar-refractivity contribution is 6.19. The molecule has 2 saturated heterocycles. The molecule has 0 amide bonds. The van der Waals surface area contributed by atoms with E-state index < -0.39 is 17.4 Å². The fourth-order valence-electron chi connectivity index (χ4n) is 5.55. The van der Waals surface area contributed by atoms with E-state index in [1.165, 1.54) is 43.6 Å². The van der Waals surface area contributed by atoms with Crippen molar-refractivity contribution in [2.75, 3.05) is 51.8 Å². The molecule has 2 aromatic heterocycles. The van der Waals surface area contributed by atoms with Gasteiger partial charge in [0, 0.05) is 51.0 Å². The second-order valence-corrected chi connectivity index (χ2v) is 10.6. The summed E-state index contributed by atoms with van der Waals surface area (Å²) in [6.45, 7) is 5.49. The van der Waals surface area contributed by atoms with Gasteiger partial charge in [-0.25, -0.2) is 13.8 Å². The van der Waals surface area contributed by atoms with E-state index in [0.29, 0.717) is 29.1 Å². The summed E-state index contributed by atoms with van der Waals surface area (Å²) in [6, 6.07) is 9.67. The van der Waals surface area contributed by atoms with Gasteiger partial charge in [-0.15, -0.1) is 0 Å². The van der Waals surface area contributed by atoms with Crippen LogP contribution in [0, 0.1) is 11.6 Å². The Hall–Kier alpha value is -4.06. The first-order valence-electron chi connectivity index (χ1n) is 14.1. The summed E-state index contributed by atoms with van der Waals surface area (Å²) in [5, 5.41) is 7.40. The zero-order chi connectivity index (χ0) is 29.1. The number of anilines is 1. The lowest BCUT2D eigenvalue weighted by molar-refractivity contribution is -0.0128. The highest BCUT2D eigenvalue weighted by Gasteiger charge is 2.28. The molecule has 6 rings (SSSR count). The molecule has 0 bridgehead atoms. The van der Waals surface area contributed by atoms with Crippen LogP contribution >= 0.6 is 0 Å². The number of hydrogen-bond donors (Lipinski definition) is 3. The van der Waals surface area contributed by atoms with Crippen LogP contribution in [0.15, 0.2) is 54.9 Å². The lowest BCUT2D eigenvalue weighted by Gasteiger charge is -2.35. The van der Waals surface area contributed by atoms with Crippen LogP contribution in [0.4, 0.5) is 14.5 Å². The fraction of sp³-hybridized carbons (Fsp3) is 0.355. The van der Waals surface area contributed by atoms with E-state index >= 15 is 4.39 Å². The van der Waals surface area contributed by atoms with Gasteiger partial charge in [0.2, 0.25) is 0 Å². The minimum Gasteiger partial charge on any atom is -0.493 e. The number of methoxy groups -OCH3 is 1. The first-order valence-corrected chi connectivity index (χ1v) is 14.1. The van der Waals surface area contributed by atoms with E-state index in [2.05, 4.69) is 25.5 Å². The molecule has 2 aliphatic rings. The largest absolute Gasteiger partial charge is 0.493 e. The molecule has 11 heteroatoms. The van der Waals surface area contributed by atoms with Gasteiger partial charge in [0.1, 0.15) is 17.2 Å². The van der Waals surface area contributed by atoms with Gasteiger partial charge >= 0.3 is 0 Å². The second kappa shape index (κ2) is 12.4. The smallest absolute Gasteiger partial charge is 0.198 e. The van der Waals surface area contributed by atoms with E-state index in [-0.39, 0.29) is 34.8 Å². The van der Waals surface area contributed by atoms with Gasteiger partial charge in [0.25, 0.3) is 0 Å². The molecule has 2 aromatic carbocycles. The van der Waals surface area contributed by atoms with E-state index in [4.69, 9.17) is 14.2 Å². The van der Waals surface area contributed by atoms with E-state index in [9.17, 15) is 9.18 Å². The second-order valence-electron chi connectivity index (χ2n) is 10.6. The average molecular weight is 578 g/mol. The Balaban J connectivity index is 1.21. The van der Waals surface area contributed by atoms with Crippen LogP contribution in [0.3, 0.4) is 0 Å². The number of ether oxygens (including phenoxy) is 3. The van der Waals surface area contributed by atoms with Crippen molar-refractivity contribution in [2.24, 2.45) is 0 Å². The highest BCUT2D eigenvalue weighted by Crippen LogP contribution is 2.37. The number of benzene rings is 2. The number of aromatic nitrogens is 2. The molecule has 2 fully saturated rings. The number of pyridine rings is 1. The van der Waals surface area contributed by atoms with Crippen molar-refractivity contribution in [3.8, 4) is 17.2 Å². The number of nitrogens with one attached hydrogen (secondary N) is 3. The lowest BCUT2D eigenvalue weighted by atomic mass is 10.0. The molecule has 3 N–H and O–H groups in total. The van der Waals surface area contributed by atoms with Gasteiger partial charge in [-0.2, -0.15) is 0 Å². The van der Waals surface area contributed by atoms with Crippen molar-refractivity contribution in [3.05, 3.63) is 77.6 Å². The number of ketones is 1. The summed E-state index contributed by atoms with van der Waals surface area (Å²) < 4.78 is 46.5. The number of hydrogen-bond acceptors (Lipinski definition) is 8. The van der Waals surface area contributed by atoms with Crippen LogP contribution in [-0.2, 0) is 4.74 Å². The summed E-state index contributed by atoms with van der Waals surface area (Å²) in [6.07, 6.45) is 5.08. The standard InChI is InChI=1S/C31H33F2N5O4/c1-40-27-16-36-31-28(29(27)37-19-6-7-21(41-18-19)17-38-12-10-34-11-13-38)23(15-35-31)30(39)22-9-8-20(14-25(22)33)42-26-5-3-2-4-24(26)32/h2-5,8-9,14-16,19,21,34H,6-7,10-13,17-18H2,1H3,(H2,35,36,37)/t19-,21+/m1/s1. The number of nitrogens with zero attached hydrogens (tertiary/aromatic N) is 2. The number of piperazine rings is 1. The van der Waals surface area contributed by atoms with Crippen LogP contribution in [0.1, 0.15) is 28.8 Å². The Morgan fingerprint density at radius 3 is 2.67 bits per heavy atom. The molecular formula is C31H33F2N5O4. The summed E-state index contributed by atoms with van der Waals surface area (Å²) in [5.41, 5.74) is 1.16. The molecule has 220 valence electrons. The molecule has 0 saturated carbocycles. The first-order chi connectivity index (χ1) is 20.5. The SMILES string of the molecule is COc1cnc2[nH]cc(C(=O)c3ccc(Oc4ccccc4F)cc3F)c2c1N[C@@H]1CC[C@@H](CN2CCNCC2)OC1. The monoisotopic (exact) mass is 577 g/mol. The topological polar surface area (TPSA) is 101 Å². The van der Waals surface area contributed by atoms with Crippen molar-refractivity contribution in [1.82, 2.24) is 20.2 Å². The maximum Gasteiger partial charge on any atom is 0.198 e. The van der Waals surface area contributed by atoms with E-state index in [0.717, 1.165) is 51.6 Å². The van der Waals surface area contributed by atoms with Gasteiger partial charge in [-0.1, -0.05) is 12.1 Å². The number of rotatable bonds is 9. The van der Waals surface area contributed by atoms with Crippen molar-refractivity contribution < 1.29 is 27.8 Å². The zero-order valence-electron chi connectivity index (χ0n) is 23.3. The Labute approximate surface area is 242 Å². The normalized spacial score (nSPS) is 19.5. The van der Waals surface area contributed by atoms with Crippen LogP contribution in [0.5, 0.6) is 17.2 Å². The van der Waals surface area contributed by atoms with Gasteiger partial charge in [-0.05, 0) is 37.1 Å². The van der Waals surface area contributed by atoms with E-state index in [1.807, 2.05) is 0 Å². The van der Waals surface area contributed by atoms with Gasteiger partial charge in [0.05, 0.1) is 48.2 Å². The molecule has 9 nitrogen and oxygen atoms in total. The number of para-hydroxylation sites is 1. The molecule has 2 atom stereocenters. The molecule has 4 aromatic rings. The average Bonchev–Trinajstić information content (AvgIpc) is 3.44. The Morgan fingerprint density at radius 2 is 1.93 bits per heavy atom. The minimum atomic E-state index is -0.787. The summed E-state index contributed by atoms with van der Waals surface area (Å²) in [5.74, 6) is -1.39. The number of H-pyrrole nitrogens is 1. The van der Waals surface area contributed by atoms with Crippen molar-refractivity contribution in [2.45, 2.75) is 25.0 Å².